The van der Waals surface area contributed by atoms with E-state index in [9.17, 15) is 9.59 Å². The molecule has 3 unspecified atom stereocenters. The number of hydrogen-bond acceptors (Lipinski definition) is 5. The minimum atomic E-state index is -0.360. The van der Waals surface area contributed by atoms with E-state index in [0.717, 1.165) is 61.4 Å². The van der Waals surface area contributed by atoms with Gasteiger partial charge in [-0.15, -0.1) is 0 Å². The third-order valence-electron chi connectivity index (χ3n) is 7.78. The van der Waals surface area contributed by atoms with Crippen molar-refractivity contribution in [3.05, 3.63) is 35.4 Å². The Morgan fingerprint density at radius 3 is 2.55 bits per heavy atom. The van der Waals surface area contributed by atoms with Crippen LogP contribution in [-0.2, 0) is 16.1 Å². The molecular formula is C24H28N4O2S. The topological polar surface area (TPSA) is 99.6 Å². The van der Waals surface area contributed by atoms with Gasteiger partial charge in [-0.3, -0.25) is 14.5 Å². The highest BCUT2D eigenvalue weighted by Crippen LogP contribution is 2.58. The number of hydrogen-bond donors (Lipinski definition) is 1. The molecule has 6 rings (SSSR count). The Morgan fingerprint density at radius 2 is 1.90 bits per heavy atom. The van der Waals surface area contributed by atoms with E-state index in [-0.39, 0.29) is 35.1 Å². The van der Waals surface area contributed by atoms with Crippen LogP contribution in [-0.4, -0.2) is 46.5 Å². The summed E-state index contributed by atoms with van der Waals surface area (Å²) >= 11 is 1.81. The fourth-order valence-electron chi connectivity index (χ4n) is 6.42. The minimum Gasteiger partial charge on any atom is -0.369 e. The summed E-state index contributed by atoms with van der Waals surface area (Å²) in [7, 11) is 0. The first-order chi connectivity index (χ1) is 15.0. The first-order valence-electron chi connectivity index (χ1n) is 11.2. The molecule has 2 amide bonds. The highest BCUT2D eigenvalue weighted by Gasteiger charge is 2.56. The summed E-state index contributed by atoms with van der Waals surface area (Å²) in [6.45, 7) is 1.54. The SMILES string of the molecule is N#Cc1ccc(CN2CCSCC2C(=O)N=C2C3CC4CC2CC(C(N)=O)(C4)C3)cc1. The Morgan fingerprint density at radius 1 is 1.19 bits per heavy atom. The van der Waals surface area contributed by atoms with Crippen molar-refractivity contribution in [2.45, 2.75) is 44.7 Å². The summed E-state index contributed by atoms with van der Waals surface area (Å²) < 4.78 is 0. The summed E-state index contributed by atoms with van der Waals surface area (Å²) in [4.78, 5) is 32.5. The van der Waals surface area contributed by atoms with Gasteiger partial charge in [0.25, 0.3) is 5.91 Å². The van der Waals surface area contributed by atoms with Gasteiger partial charge in [0.2, 0.25) is 5.91 Å². The number of nitrogens with two attached hydrogens (primary N) is 1. The molecule has 1 aromatic rings. The van der Waals surface area contributed by atoms with Crippen LogP contribution in [0.2, 0.25) is 0 Å². The van der Waals surface area contributed by atoms with E-state index < -0.39 is 0 Å². The number of carbonyl (C=O) groups is 2. The Labute approximate surface area is 187 Å². The molecule has 6 nitrogen and oxygen atoms in total. The van der Waals surface area contributed by atoms with Crippen molar-refractivity contribution in [2.24, 2.45) is 33.9 Å². The van der Waals surface area contributed by atoms with Crippen molar-refractivity contribution in [3.8, 4) is 6.07 Å². The maximum absolute atomic E-state index is 13.3. The number of amides is 2. The molecule has 1 aliphatic heterocycles. The van der Waals surface area contributed by atoms with Crippen LogP contribution in [0, 0.1) is 34.5 Å². The molecule has 7 heteroatoms. The van der Waals surface area contributed by atoms with Crippen molar-refractivity contribution >= 4 is 29.3 Å². The fraction of sp³-hybridized carbons (Fsp3) is 0.583. The zero-order chi connectivity index (χ0) is 21.6. The second kappa shape index (κ2) is 8.07. The molecule has 4 saturated carbocycles. The molecule has 4 aliphatic carbocycles. The Balaban J connectivity index is 1.33. The first-order valence-corrected chi connectivity index (χ1v) is 12.4. The van der Waals surface area contributed by atoms with Crippen LogP contribution in [0.3, 0.4) is 0 Å². The molecule has 2 N–H and O–H groups in total. The number of thioether (sulfide) groups is 1. The minimum absolute atomic E-state index is 0.0311. The van der Waals surface area contributed by atoms with E-state index in [0.29, 0.717) is 18.0 Å². The molecule has 5 aliphatic rings. The van der Waals surface area contributed by atoms with Crippen LogP contribution in [0.25, 0.3) is 0 Å². The van der Waals surface area contributed by atoms with Gasteiger partial charge < -0.3 is 5.73 Å². The van der Waals surface area contributed by atoms with Gasteiger partial charge in [0.1, 0.15) is 6.04 Å². The third-order valence-corrected chi connectivity index (χ3v) is 8.80. The van der Waals surface area contributed by atoms with Gasteiger partial charge in [0.05, 0.1) is 17.0 Å². The maximum atomic E-state index is 13.3. The fourth-order valence-corrected chi connectivity index (χ4v) is 7.53. The lowest BCUT2D eigenvalue weighted by Crippen LogP contribution is -2.56. The lowest BCUT2D eigenvalue weighted by atomic mass is 9.48. The van der Waals surface area contributed by atoms with Crippen molar-refractivity contribution in [1.82, 2.24) is 4.90 Å². The van der Waals surface area contributed by atoms with Gasteiger partial charge >= 0.3 is 0 Å². The number of nitriles is 1. The van der Waals surface area contributed by atoms with Crippen molar-refractivity contribution in [3.63, 3.8) is 0 Å². The molecule has 162 valence electrons. The van der Waals surface area contributed by atoms with E-state index >= 15 is 0 Å². The molecule has 0 aromatic heterocycles. The summed E-state index contributed by atoms with van der Waals surface area (Å²) in [5.74, 6) is 2.61. The zero-order valence-electron chi connectivity index (χ0n) is 17.6. The van der Waals surface area contributed by atoms with Gasteiger partial charge in [-0.25, -0.2) is 4.99 Å². The van der Waals surface area contributed by atoms with Gasteiger partial charge in [-0.2, -0.15) is 17.0 Å². The number of primary amides is 1. The van der Waals surface area contributed by atoms with Gasteiger partial charge in [-0.05, 0) is 67.6 Å². The van der Waals surface area contributed by atoms with Crippen molar-refractivity contribution in [1.29, 1.82) is 5.26 Å². The molecule has 1 heterocycles. The predicted octanol–water partition coefficient (Wildman–Crippen LogP) is 2.75. The highest BCUT2D eigenvalue weighted by atomic mass is 32.2. The van der Waals surface area contributed by atoms with Crippen LogP contribution < -0.4 is 5.73 Å². The normalized spacial score (nSPS) is 34.4. The molecule has 0 radical (unpaired) electrons. The van der Waals surface area contributed by atoms with Crippen LogP contribution in [0.1, 0.15) is 43.2 Å². The van der Waals surface area contributed by atoms with Gasteiger partial charge in [0, 0.05) is 30.3 Å². The smallest absolute Gasteiger partial charge is 0.263 e. The lowest BCUT2D eigenvalue weighted by Gasteiger charge is -2.55. The molecule has 1 saturated heterocycles. The third kappa shape index (κ3) is 3.81. The van der Waals surface area contributed by atoms with Crippen LogP contribution >= 0.6 is 11.8 Å². The summed E-state index contributed by atoms with van der Waals surface area (Å²) in [6, 6.07) is 9.52. The molecule has 0 spiro atoms. The number of nitrogens with zero attached hydrogens (tertiary/aromatic N) is 3. The maximum Gasteiger partial charge on any atom is 0.263 e. The molecule has 31 heavy (non-hydrogen) atoms. The second-order valence-electron chi connectivity index (χ2n) is 9.73. The summed E-state index contributed by atoms with van der Waals surface area (Å²) in [6.07, 6.45) is 4.57. The quantitative estimate of drug-likeness (QED) is 0.782. The number of aliphatic imine (C=N–C) groups is 1. The highest BCUT2D eigenvalue weighted by molar-refractivity contribution is 7.99. The first kappa shape index (κ1) is 20.7. The Bertz CT molecular complexity index is 949. The summed E-state index contributed by atoms with van der Waals surface area (Å²) in [5, 5.41) is 9.01. The standard InChI is InChI=1S/C24H28N4O2S/c25-12-15-1-3-16(4-2-15)13-28-5-6-31-14-20(28)22(29)27-21-18-7-17-8-19(21)11-24(9-17,10-18)23(26)30/h1-4,17-20H,5-11,13-14H2,(H2,26,30). The predicted molar refractivity (Wildman–Crippen MR) is 120 cm³/mol. The summed E-state index contributed by atoms with van der Waals surface area (Å²) in [5.41, 5.74) is 8.23. The van der Waals surface area contributed by atoms with E-state index in [1.807, 2.05) is 36.0 Å². The van der Waals surface area contributed by atoms with E-state index in [2.05, 4.69) is 11.0 Å². The monoisotopic (exact) mass is 436 g/mol. The number of carbonyl (C=O) groups excluding carboxylic acids is 2. The number of rotatable bonds is 4. The van der Waals surface area contributed by atoms with Gasteiger partial charge in [-0.1, -0.05) is 12.1 Å². The van der Waals surface area contributed by atoms with Gasteiger partial charge in [0.15, 0.2) is 0 Å². The van der Waals surface area contributed by atoms with Crippen molar-refractivity contribution < 1.29 is 9.59 Å². The van der Waals surface area contributed by atoms with E-state index in [1.165, 1.54) is 0 Å². The number of benzene rings is 1. The van der Waals surface area contributed by atoms with E-state index in [4.69, 9.17) is 16.0 Å². The zero-order valence-corrected chi connectivity index (χ0v) is 18.4. The van der Waals surface area contributed by atoms with Crippen LogP contribution in [0.4, 0.5) is 0 Å². The molecule has 5 fully saturated rings. The Kier molecular flexibility index (Phi) is 5.39. The van der Waals surface area contributed by atoms with Crippen LogP contribution in [0.5, 0.6) is 0 Å². The van der Waals surface area contributed by atoms with Crippen molar-refractivity contribution in [2.75, 3.05) is 18.1 Å². The molecule has 4 bridgehead atoms. The van der Waals surface area contributed by atoms with Crippen LogP contribution in [0.15, 0.2) is 29.3 Å². The molecule has 3 atom stereocenters. The average Bonchev–Trinajstić information content (AvgIpc) is 2.76. The largest absolute Gasteiger partial charge is 0.369 e. The average molecular weight is 437 g/mol. The molecule has 1 aromatic carbocycles. The molecular weight excluding hydrogens is 408 g/mol. The van der Waals surface area contributed by atoms with E-state index in [1.54, 1.807) is 0 Å². The second-order valence-corrected chi connectivity index (χ2v) is 10.9. The lowest BCUT2D eigenvalue weighted by molar-refractivity contribution is -0.136. The Hall–Kier alpha value is -2.17.